The summed E-state index contributed by atoms with van der Waals surface area (Å²) in [5, 5.41) is 0. The topological polar surface area (TPSA) is 38.5 Å². The van der Waals surface area contributed by atoms with Crippen molar-refractivity contribution in [2.75, 3.05) is 30.8 Å². The van der Waals surface area contributed by atoms with Crippen LogP contribution in [0.5, 0.6) is 5.75 Å². The number of para-hydroxylation sites is 1. The third kappa shape index (κ3) is 3.05. The molecule has 3 nitrogen and oxygen atoms in total. The van der Waals surface area contributed by atoms with Crippen LogP contribution in [0.4, 0.5) is 11.4 Å². The quantitative estimate of drug-likeness (QED) is 0.752. The summed E-state index contributed by atoms with van der Waals surface area (Å²) >= 11 is 0. The van der Waals surface area contributed by atoms with Gasteiger partial charge in [-0.25, -0.2) is 0 Å². The Morgan fingerprint density at radius 3 is 2.62 bits per heavy atom. The fourth-order valence-corrected chi connectivity index (χ4v) is 1.66. The molecule has 0 aliphatic heterocycles. The number of nitrogens with zero attached hydrogens (tertiary/aromatic N) is 1. The molecule has 1 rings (SSSR count). The van der Waals surface area contributed by atoms with Gasteiger partial charge in [0.1, 0.15) is 5.75 Å². The van der Waals surface area contributed by atoms with Gasteiger partial charge in [-0.3, -0.25) is 0 Å². The standard InChI is InChI=1S/C13H22N2O/c1-4-9-15(3)11-7-6-8-12(13(11)14)16-10-5-2/h6-8H,4-5,9-10,14H2,1-3H3. The number of nitrogens with two attached hydrogens (primary N) is 1. The van der Waals surface area contributed by atoms with Gasteiger partial charge in [-0.05, 0) is 25.0 Å². The van der Waals surface area contributed by atoms with Crippen molar-refractivity contribution in [2.24, 2.45) is 0 Å². The van der Waals surface area contributed by atoms with Gasteiger partial charge in [0.25, 0.3) is 0 Å². The van der Waals surface area contributed by atoms with Crippen molar-refractivity contribution in [3.8, 4) is 5.75 Å². The van der Waals surface area contributed by atoms with Crippen molar-refractivity contribution >= 4 is 11.4 Å². The lowest BCUT2D eigenvalue weighted by Gasteiger charge is -2.21. The largest absolute Gasteiger partial charge is 0.491 e. The van der Waals surface area contributed by atoms with Gasteiger partial charge in [0.05, 0.1) is 18.0 Å². The summed E-state index contributed by atoms with van der Waals surface area (Å²) in [5.74, 6) is 0.794. The zero-order chi connectivity index (χ0) is 12.0. The van der Waals surface area contributed by atoms with E-state index in [4.69, 9.17) is 10.5 Å². The molecule has 0 bridgehead atoms. The van der Waals surface area contributed by atoms with E-state index in [0.29, 0.717) is 6.61 Å². The van der Waals surface area contributed by atoms with Gasteiger partial charge in [0.15, 0.2) is 0 Å². The van der Waals surface area contributed by atoms with E-state index < -0.39 is 0 Å². The van der Waals surface area contributed by atoms with Crippen molar-refractivity contribution in [2.45, 2.75) is 26.7 Å². The molecule has 0 saturated heterocycles. The molecule has 0 aliphatic carbocycles. The maximum absolute atomic E-state index is 6.09. The highest BCUT2D eigenvalue weighted by molar-refractivity contribution is 5.73. The molecule has 0 fully saturated rings. The lowest BCUT2D eigenvalue weighted by Crippen LogP contribution is -2.19. The van der Waals surface area contributed by atoms with Crippen LogP contribution < -0.4 is 15.4 Å². The van der Waals surface area contributed by atoms with Gasteiger partial charge in [-0.15, -0.1) is 0 Å². The zero-order valence-corrected chi connectivity index (χ0v) is 10.5. The number of hydrogen-bond acceptors (Lipinski definition) is 3. The van der Waals surface area contributed by atoms with Crippen LogP contribution in [0.3, 0.4) is 0 Å². The number of anilines is 2. The molecule has 0 amide bonds. The predicted molar refractivity (Wildman–Crippen MR) is 70.2 cm³/mol. The monoisotopic (exact) mass is 222 g/mol. The van der Waals surface area contributed by atoms with E-state index >= 15 is 0 Å². The van der Waals surface area contributed by atoms with Crippen molar-refractivity contribution < 1.29 is 4.74 Å². The van der Waals surface area contributed by atoms with Gasteiger partial charge in [0.2, 0.25) is 0 Å². The minimum Gasteiger partial charge on any atom is -0.491 e. The number of benzene rings is 1. The van der Waals surface area contributed by atoms with Crippen LogP contribution in [0.15, 0.2) is 18.2 Å². The minimum atomic E-state index is 0.713. The third-order valence-electron chi connectivity index (χ3n) is 2.48. The van der Waals surface area contributed by atoms with E-state index in [-0.39, 0.29) is 0 Å². The average Bonchev–Trinajstić information content (AvgIpc) is 2.28. The minimum absolute atomic E-state index is 0.713. The fourth-order valence-electron chi connectivity index (χ4n) is 1.66. The van der Waals surface area contributed by atoms with Crippen LogP contribution in [0.25, 0.3) is 0 Å². The normalized spacial score (nSPS) is 10.2. The Morgan fingerprint density at radius 2 is 2.00 bits per heavy atom. The molecule has 0 atom stereocenters. The first-order chi connectivity index (χ1) is 7.70. The Labute approximate surface area is 98.2 Å². The molecule has 0 aliphatic rings. The summed E-state index contributed by atoms with van der Waals surface area (Å²) in [6.45, 7) is 5.96. The Morgan fingerprint density at radius 1 is 1.25 bits per heavy atom. The lowest BCUT2D eigenvalue weighted by molar-refractivity contribution is 0.319. The number of nitrogen functional groups attached to an aromatic ring is 1. The maximum atomic E-state index is 6.09. The molecule has 2 N–H and O–H groups in total. The Balaban J connectivity index is 2.85. The van der Waals surface area contributed by atoms with Crippen molar-refractivity contribution in [3.05, 3.63) is 18.2 Å². The van der Waals surface area contributed by atoms with Crippen molar-refractivity contribution in [1.29, 1.82) is 0 Å². The molecule has 0 heterocycles. The van der Waals surface area contributed by atoms with Crippen molar-refractivity contribution in [1.82, 2.24) is 0 Å². The van der Waals surface area contributed by atoms with Crippen LogP contribution in [-0.2, 0) is 0 Å². The number of hydrogen-bond donors (Lipinski definition) is 1. The van der Waals surface area contributed by atoms with E-state index in [1.54, 1.807) is 0 Å². The molecule has 90 valence electrons. The summed E-state index contributed by atoms with van der Waals surface area (Å²) < 4.78 is 5.60. The van der Waals surface area contributed by atoms with E-state index in [1.165, 1.54) is 0 Å². The van der Waals surface area contributed by atoms with Gasteiger partial charge in [-0.2, -0.15) is 0 Å². The van der Waals surface area contributed by atoms with Crippen molar-refractivity contribution in [3.63, 3.8) is 0 Å². The summed E-state index contributed by atoms with van der Waals surface area (Å²) in [6.07, 6.45) is 2.10. The molecule has 0 aromatic heterocycles. The third-order valence-corrected chi connectivity index (χ3v) is 2.48. The molecule has 0 radical (unpaired) electrons. The molecule has 0 spiro atoms. The van der Waals surface area contributed by atoms with Crippen LogP contribution in [0.1, 0.15) is 26.7 Å². The second-order valence-electron chi connectivity index (χ2n) is 3.96. The average molecular weight is 222 g/mol. The maximum Gasteiger partial charge on any atom is 0.144 e. The van der Waals surface area contributed by atoms with Crippen LogP contribution in [-0.4, -0.2) is 20.2 Å². The molecular formula is C13H22N2O. The highest BCUT2D eigenvalue weighted by atomic mass is 16.5. The SMILES string of the molecule is CCCOc1cccc(N(C)CCC)c1N. The summed E-state index contributed by atoms with van der Waals surface area (Å²) in [6, 6.07) is 5.95. The summed E-state index contributed by atoms with van der Waals surface area (Å²) in [7, 11) is 2.05. The summed E-state index contributed by atoms with van der Waals surface area (Å²) in [4.78, 5) is 2.16. The second kappa shape index (κ2) is 6.26. The van der Waals surface area contributed by atoms with Gasteiger partial charge < -0.3 is 15.4 Å². The van der Waals surface area contributed by atoms with E-state index in [1.807, 2.05) is 18.2 Å². The predicted octanol–water partition coefficient (Wildman–Crippen LogP) is 2.90. The first kappa shape index (κ1) is 12.7. The molecule has 1 aromatic carbocycles. The second-order valence-corrected chi connectivity index (χ2v) is 3.96. The number of rotatable bonds is 6. The van der Waals surface area contributed by atoms with Gasteiger partial charge in [0, 0.05) is 13.6 Å². The highest BCUT2D eigenvalue weighted by Crippen LogP contribution is 2.31. The highest BCUT2D eigenvalue weighted by Gasteiger charge is 2.08. The van der Waals surface area contributed by atoms with E-state index in [2.05, 4.69) is 25.8 Å². The van der Waals surface area contributed by atoms with Crippen LogP contribution in [0.2, 0.25) is 0 Å². The molecule has 16 heavy (non-hydrogen) atoms. The van der Waals surface area contributed by atoms with Gasteiger partial charge in [-0.1, -0.05) is 19.9 Å². The van der Waals surface area contributed by atoms with Gasteiger partial charge >= 0.3 is 0 Å². The molecule has 3 heteroatoms. The smallest absolute Gasteiger partial charge is 0.144 e. The molecule has 0 saturated carbocycles. The zero-order valence-electron chi connectivity index (χ0n) is 10.5. The van der Waals surface area contributed by atoms with E-state index in [9.17, 15) is 0 Å². The summed E-state index contributed by atoms with van der Waals surface area (Å²) in [5.41, 5.74) is 7.88. The molecule has 0 unspecified atom stereocenters. The Bertz CT molecular complexity index is 326. The Kier molecular flexibility index (Phi) is 4.96. The first-order valence-corrected chi connectivity index (χ1v) is 5.93. The fraction of sp³-hybridized carbons (Fsp3) is 0.538. The lowest BCUT2D eigenvalue weighted by atomic mass is 10.2. The van der Waals surface area contributed by atoms with Crippen LogP contribution in [0, 0.1) is 0 Å². The van der Waals surface area contributed by atoms with Crippen LogP contribution >= 0.6 is 0 Å². The molecule has 1 aromatic rings. The number of ether oxygens (including phenoxy) is 1. The Hall–Kier alpha value is -1.38. The van der Waals surface area contributed by atoms with E-state index in [0.717, 1.165) is 36.5 Å². The molecular weight excluding hydrogens is 200 g/mol. The first-order valence-electron chi connectivity index (χ1n) is 5.93.